The zero-order valence-corrected chi connectivity index (χ0v) is 5.13. The van der Waals surface area contributed by atoms with E-state index in [0.717, 1.165) is 19.2 Å². The standard InChI is InChI=1S/C5H11BO2/c1-2-5-3-4-6(7)8-5/h5,7H,2-4H2,1H3. The van der Waals surface area contributed by atoms with E-state index in [1.54, 1.807) is 0 Å². The van der Waals surface area contributed by atoms with E-state index in [4.69, 9.17) is 9.68 Å². The Labute approximate surface area is 50.0 Å². The molecular weight excluding hydrogens is 103 g/mol. The first-order valence-corrected chi connectivity index (χ1v) is 3.16. The van der Waals surface area contributed by atoms with Crippen molar-refractivity contribution in [3.05, 3.63) is 0 Å². The summed E-state index contributed by atoms with van der Waals surface area (Å²) in [6, 6.07) is 0. The minimum absolute atomic E-state index is 0.324. The van der Waals surface area contributed by atoms with Crippen molar-refractivity contribution in [1.82, 2.24) is 0 Å². The van der Waals surface area contributed by atoms with Crippen LogP contribution >= 0.6 is 0 Å². The van der Waals surface area contributed by atoms with Gasteiger partial charge in [-0.15, -0.1) is 0 Å². The van der Waals surface area contributed by atoms with Gasteiger partial charge in [0, 0.05) is 6.10 Å². The van der Waals surface area contributed by atoms with Gasteiger partial charge < -0.3 is 9.68 Å². The smallest absolute Gasteiger partial charge is 0.427 e. The highest BCUT2D eigenvalue weighted by Crippen LogP contribution is 2.17. The summed E-state index contributed by atoms with van der Waals surface area (Å²) in [4.78, 5) is 0. The van der Waals surface area contributed by atoms with E-state index < -0.39 is 7.12 Å². The third-order valence-electron chi connectivity index (χ3n) is 1.54. The van der Waals surface area contributed by atoms with Gasteiger partial charge in [-0.05, 0) is 19.2 Å². The quantitative estimate of drug-likeness (QED) is 0.507. The molecule has 2 nitrogen and oxygen atoms in total. The molecule has 1 saturated heterocycles. The second-order valence-electron chi connectivity index (χ2n) is 2.20. The van der Waals surface area contributed by atoms with Crippen molar-refractivity contribution in [1.29, 1.82) is 0 Å². The summed E-state index contributed by atoms with van der Waals surface area (Å²) in [5, 5.41) is 8.81. The Bertz CT molecular complexity index is 76.8. The van der Waals surface area contributed by atoms with Gasteiger partial charge in [0.25, 0.3) is 0 Å². The fourth-order valence-corrected chi connectivity index (χ4v) is 0.987. The van der Waals surface area contributed by atoms with Crippen molar-refractivity contribution in [2.45, 2.75) is 32.2 Å². The summed E-state index contributed by atoms with van der Waals surface area (Å²) >= 11 is 0. The summed E-state index contributed by atoms with van der Waals surface area (Å²) in [5.41, 5.74) is 0. The lowest BCUT2D eigenvalue weighted by atomic mass is 9.87. The molecule has 1 fully saturated rings. The van der Waals surface area contributed by atoms with Crippen molar-refractivity contribution < 1.29 is 9.68 Å². The van der Waals surface area contributed by atoms with E-state index in [1.807, 2.05) is 0 Å². The Kier molecular flexibility index (Phi) is 1.92. The molecule has 1 unspecified atom stereocenters. The third kappa shape index (κ3) is 1.23. The van der Waals surface area contributed by atoms with Crippen molar-refractivity contribution >= 4 is 7.12 Å². The van der Waals surface area contributed by atoms with E-state index in [1.165, 1.54) is 0 Å². The molecule has 0 saturated carbocycles. The summed E-state index contributed by atoms with van der Waals surface area (Å²) in [6.45, 7) is 2.07. The molecule has 1 aliphatic rings. The highest BCUT2D eigenvalue weighted by Gasteiger charge is 2.26. The average molecular weight is 114 g/mol. The molecule has 0 aromatic carbocycles. The lowest BCUT2D eigenvalue weighted by Gasteiger charge is -2.04. The zero-order chi connectivity index (χ0) is 5.98. The highest BCUT2D eigenvalue weighted by atomic mass is 16.5. The van der Waals surface area contributed by atoms with Crippen molar-refractivity contribution in [2.75, 3.05) is 0 Å². The van der Waals surface area contributed by atoms with Gasteiger partial charge in [0.1, 0.15) is 0 Å². The minimum atomic E-state index is -0.472. The highest BCUT2D eigenvalue weighted by molar-refractivity contribution is 6.43. The molecule has 8 heavy (non-hydrogen) atoms. The van der Waals surface area contributed by atoms with Gasteiger partial charge in [-0.3, -0.25) is 0 Å². The van der Waals surface area contributed by atoms with Crippen LogP contribution in [0.4, 0.5) is 0 Å². The summed E-state index contributed by atoms with van der Waals surface area (Å²) in [7, 11) is -0.472. The van der Waals surface area contributed by atoms with Crippen molar-refractivity contribution in [2.24, 2.45) is 0 Å². The van der Waals surface area contributed by atoms with E-state index in [2.05, 4.69) is 6.92 Å². The molecule has 1 rings (SSSR count). The number of rotatable bonds is 1. The van der Waals surface area contributed by atoms with Crippen LogP contribution in [0.3, 0.4) is 0 Å². The summed E-state index contributed by atoms with van der Waals surface area (Å²) < 4.78 is 5.07. The Morgan fingerprint density at radius 2 is 2.62 bits per heavy atom. The van der Waals surface area contributed by atoms with Crippen LogP contribution in [0.2, 0.25) is 6.32 Å². The van der Waals surface area contributed by atoms with Gasteiger partial charge in [-0.1, -0.05) is 6.92 Å². The van der Waals surface area contributed by atoms with Crippen LogP contribution in [-0.4, -0.2) is 18.2 Å². The average Bonchev–Trinajstić information content (AvgIpc) is 2.14. The molecule has 1 atom stereocenters. The Morgan fingerprint density at radius 3 is 2.88 bits per heavy atom. The first kappa shape index (κ1) is 6.11. The molecule has 0 spiro atoms. The van der Waals surface area contributed by atoms with Gasteiger partial charge in [0.05, 0.1) is 0 Å². The van der Waals surface area contributed by atoms with Gasteiger partial charge >= 0.3 is 7.12 Å². The van der Waals surface area contributed by atoms with Gasteiger partial charge in [-0.25, -0.2) is 0 Å². The predicted molar refractivity (Wildman–Crippen MR) is 32.6 cm³/mol. The maximum Gasteiger partial charge on any atom is 0.454 e. The third-order valence-corrected chi connectivity index (χ3v) is 1.54. The molecule has 46 valence electrons. The normalized spacial score (nSPS) is 29.2. The Balaban J connectivity index is 2.22. The van der Waals surface area contributed by atoms with Crippen LogP contribution in [0, 0.1) is 0 Å². The minimum Gasteiger partial charge on any atom is -0.427 e. The molecule has 3 heteroatoms. The van der Waals surface area contributed by atoms with E-state index in [-0.39, 0.29) is 0 Å². The van der Waals surface area contributed by atoms with Gasteiger partial charge in [0.2, 0.25) is 0 Å². The maximum atomic E-state index is 8.81. The molecule has 1 N–H and O–H groups in total. The molecule has 0 bridgehead atoms. The van der Waals surface area contributed by atoms with Crippen LogP contribution in [0.1, 0.15) is 19.8 Å². The second kappa shape index (κ2) is 2.51. The molecule has 1 aliphatic heterocycles. The fourth-order valence-electron chi connectivity index (χ4n) is 0.987. The van der Waals surface area contributed by atoms with Crippen LogP contribution < -0.4 is 0 Å². The first-order valence-electron chi connectivity index (χ1n) is 3.16. The van der Waals surface area contributed by atoms with E-state index in [0.29, 0.717) is 6.10 Å². The molecular formula is C5H11BO2. The largest absolute Gasteiger partial charge is 0.454 e. The van der Waals surface area contributed by atoms with E-state index in [9.17, 15) is 0 Å². The lowest BCUT2D eigenvalue weighted by molar-refractivity contribution is 0.196. The number of hydrogen-bond donors (Lipinski definition) is 1. The number of hydrogen-bond acceptors (Lipinski definition) is 2. The Morgan fingerprint density at radius 1 is 1.88 bits per heavy atom. The summed E-state index contributed by atoms with van der Waals surface area (Å²) in [6.07, 6.45) is 3.19. The molecule has 0 aromatic rings. The van der Waals surface area contributed by atoms with Crippen LogP contribution in [0.25, 0.3) is 0 Å². The van der Waals surface area contributed by atoms with Crippen molar-refractivity contribution in [3.63, 3.8) is 0 Å². The topological polar surface area (TPSA) is 29.5 Å². The molecule has 0 amide bonds. The van der Waals surface area contributed by atoms with Crippen molar-refractivity contribution in [3.8, 4) is 0 Å². The molecule has 0 aliphatic carbocycles. The Hall–Kier alpha value is -0.0151. The lowest BCUT2D eigenvalue weighted by Crippen LogP contribution is -2.12. The molecule has 1 heterocycles. The molecule has 0 radical (unpaired) electrons. The predicted octanol–water partition coefficient (Wildman–Crippen LogP) is 0.666. The first-order chi connectivity index (χ1) is 3.83. The van der Waals surface area contributed by atoms with Gasteiger partial charge in [-0.2, -0.15) is 0 Å². The monoisotopic (exact) mass is 114 g/mol. The van der Waals surface area contributed by atoms with Crippen LogP contribution in [-0.2, 0) is 4.65 Å². The SMILES string of the molecule is CCC1CCB(O)O1. The van der Waals surface area contributed by atoms with Crippen LogP contribution in [0.5, 0.6) is 0 Å². The zero-order valence-electron chi connectivity index (χ0n) is 5.13. The van der Waals surface area contributed by atoms with E-state index >= 15 is 0 Å². The second-order valence-corrected chi connectivity index (χ2v) is 2.20. The fraction of sp³-hybridized carbons (Fsp3) is 1.00. The summed E-state index contributed by atoms with van der Waals surface area (Å²) in [5.74, 6) is 0. The maximum absolute atomic E-state index is 8.81. The van der Waals surface area contributed by atoms with Gasteiger partial charge in [0.15, 0.2) is 0 Å². The molecule has 0 aromatic heterocycles. The van der Waals surface area contributed by atoms with Crippen LogP contribution in [0.15, 0.2) is 0 Å².